The van der Waals surface area contributed by atoms with E-state index in [4.69, 9.17) is 4.98 Å². The number of hydrogen-bond acceptors (Lipinski definition) is 3. The number of hydrogen-bond donors (Lipinski definition) is 1. The van der Waals surface area contributed by atoms with E-state index in [1.54, 1.807) is 0 Å². The Morgan fingerprint density at radius 3 is 2.33 bits per heavy atom. The number of Topliss-reactive ketones (excluding diaryl/α,β-unsaturated/α-hetero) is 1. The average molecular weight is 477 g/mol. The van der Waals surface area contributed by atoms with Crippen molar-refractivity contribution in [1.82, 2.24) is 9.55 Å². The summed E-state index contributed by atoms with van der Waals surface area (Å²) in [6.45, 7) is 0.596. The first-order valence-electron chi connectivity index (χ1n) is 12.8. The van der Waals surface area contributed by atoms with Gasteiger partial charge in [0.1, 0.15) is 0 Å². The molecule has 180 valence electrons. The number of aliphatic carboxylic acids is 1. The van der Waals surface area contributed by atoms with E-state index in [9.17, 15) is 14.7 Å². The Kier molecular flexibility index (Phi) is 4.42. The van der Waals surface area contributed by atoms with E-state index < -0.39 is 11.4 Å². The van der Waals surface area contributed by atoms with Crippen LogP contribution in [-0.2, 0) is 11.3 Å². The summed E-state index contributed by atoms with van der Waals surface area (Å²) in [5.41, 5.74) is 4.51. The molecular formula is C31H28N2O3. The number of rotatable bonds is 8. The van der Waals surface area contributed by atoms with Crippen molar-refractivity contribution in [3.05, 3.63) is 90.4 Å². The van der Waals surface area contributed by atoms with Crippen LogP contribution < -0.4 is 0 Å². The van der Waals surface area contributed by atoms with Crippen molar-refractivity contribution < 1.29 is 14.7 Å². The number of fused-ring (bicyclic) bond motifs is 1. The van der Waals surface area contributed by atoms with E-state index in [0.29, 0.717) is 13.0 Å². The fraction of sp³-hybridized carbons (Fsp3) is 0.323. The van der Waals surface area contributed by atoms with Crippen molar-refractivity contribution in [2.24, 2.45) is 16.2 Å². The summed E-state index contributed by atoms with van der Waals surface area (Å²) in [6, 6.07) is 22.4. The molecule has 5 heteroatoms. The standard InChI is InChI=1S/C31H28N2O3/c34-26(15-30(12-13-30)31-18-29(19-31,20-31)28(35)36)25-8-4-7-22-11-14-33(27(22)25)17-24-10-9-23(16-32-24)21-5-2-1-3-6-21/h1-11,14,16H,12-13,15,17-20H2,(H,35,36). The molecule has 5 nitrogen and oxygen atoms in total. The average Bonchev–Trinajstić information content (AvgIpc) is 3.48. The molecule has 0 unspecified atom stereocenters. The number of nitrogens with zero attached hydrogens (tertiary/aromatic N) is 2. The topological polar surface area (TPSA) is 72.2 Å². The Morgan fingerprint density at radius 2 is 1.67 bits per heavy atom. The van der Waals surface area contributed by atoms with Crippen LogP contribution in [0.15, 0.2) is 79.1 Å². The third-order valence-electron chi connectivity index (χ3n) is 9.31. The normalized spacial score (nSPS) is 25.1. The third kappa shape index (κ3) is 3.05. The molecule has 2 heterocycles. The van der Waals surface area contributed by atoms with E-state index >= 15 is 0 Å². The van der Waals surface area contributed by atoms with Crippen LogP contribution in [0, 0.1) is 16.2 Å². The summed E-state index contributed by atoms with van der Waals surface area (Å²) in [5.74, 6) is -0.473. The maximum Gasteiger partial charge on any atom is 0.309 e. The van der Waals surface area contributed by atoms with Gasteiger partial charge in [0.2, 0.25) is 0 Å². The highest BCUT2D eigenvalue weighted by molar-refractivity contribution is 6.07. The second kappa shape index (κ2) is 7.39. The molecule has 36 heavy (non-hydrogen) atoms. The van der Waals surface area contributed by atoms with Gasteiger partial charge in [-0.3, -0.25) is 14.6 Å². The van der Waals surface area contributed by atoms with Gasteiger partial charge in [0.25, 0.3) is 0 Å². The molecule has 8 rings (SSSR count). The van der Waals surface area contributed by atoms with Crippen LogP contribution >= 0.6 is 0 Å². The molecule has 4 aliphatic carbocycles. The van der Waals surface area contributed by atoms with Gasteiger partial charge in [-0.1, -0.05) is 48.5 Å². The van der Waals surface area contributed by atoms with Crippen LogP contribution in [0.25, 0.3) is 22.0 Å². The summed E-state index contributed by atoms with van der Waals surface area (Å²) in [7, 11) is 0. The number of ketones is 1. The van der Waals surface area contributed by atoms with Crippen molar-refractivity contribution in [3.8, 4) is 11.1 Å². The number of carbonyl (C=O) groups excluding carboxylic acids is 1. The molecule has 0 atom stereocenters. The molecule has 1 N–H and O–H groups in total. The number of pyridine rings is 1. The minimum absolute atomic E-state index is 0.00962. The number of carboxylic acids is 1. The van der Waals surface area contributed by atoms with Gasteiger partial charge in [-0.2, -0.15) is 0 Å². The second-order valence-electron chi connectivity index (χ2n) is 11.4. The molecule has 4 aliphatic rings. The molecule has 0 radical (unpaired) electrons. The molecule has 0 spiro atoms. The van der Waals surface area contributed by atoms with Crippen molar-refractivity contribution in [1.29, 1.82) is 0 Å². The molecule has 0 amide bonds. The zero-order valence-corrected chi connectivity index (χ0v) is 20.1. The van der Waals surface area contributed by atoms with Gasteiger partial charge in [-0.15, -0.1) is 0 Å². The number of aromatic nitrogens is 2. The maximum atomic E-state index is 13.7. The van der Waals surface area contributed by atoms with Crippen LogP contribution in [0.5, 0.6) is 0 Å². The summed E-state index contributed by atoms with van der Waals surface area (Å²) in [4.78, 5) is 30.0. The molecule has 2 bridgehead atoms. The lowest BCUT2D eigenvalue weighted by Gasteiger charge is -2.72. The van der Waals surface area contributed by atoms with Gasteiger partial charge in [0.15, 0.2) is 5.78 Å². The van der Waals surface area contributed by atoms with Crippen LogP contribution in [-0.4, -0.2) is 26.4 Å². The van der Waals surface area contributed by atoms with Gasteiger partial charge in [-0.05, 0) is 66.7 Å². The molecule has 0 saturated heterocycles. The molecule has 4 saturated carbocycles. The minimum Gasteiger partial charge on any atom is -0.481 e. The van der Waals surface area contributed by atoms with E-state index in [0.717, 1.165) is 65.4 Å². The van der Waals surface area contributed by atoms with Gasteiger partial charge in [-0.25, -0.2) is 0 Å². The predicted molar refractivity (Wildman–Crippen MR) is 138 cm³/mol. The Labute approximate surface area is 209 Å². The Bertz CT molecular complexity index is 1490. The summed E-state index contributed by atoms with van der Waals surface area (Å²) < 4.78 is 2.13. The lowest BCUT2D eigenvalue weighted by atomic mass is 9.30. The molecule has 4 aromatic rings. The summed E-state index contributed by atoms with van der Waals surface area (Å²) in [6.07, 6.45) is 8.84. The summed E-state index contributed by atoms with van der Waals surface area (Å²) in [5, 5.41) is 10.6. The van der Waals surface area contributed by atoms with Crippen molar-refractivity contribution in [2.45, 2.75) is 45.1 Å². The number of carboxylic acid groups (broad SMARTS) is 1. The van der Waals surface area contributed by atoms with E-state index in [-0.39, 0.29) is 16.6 Å². The Hall–Kier alpha value is -3.73. The van der Waals surface area contributed by atoms with Gasteiger partial charge in [0.05, 0.1) is 23.2 Å². The van der Waals surface area contributed by atoms with E-state index in [2.05, 4.69) is 41.0 Å². The van der Waals surface area contributed by atoms with Crippen molar-refractivity contribution in [3.63, 3.8) is 0 Å². The van der Waals surface area contributed by atoms with Crippen LogP contribution in [0.3, 0.4) is 0 Å². The Balaban J connectivity index is 1.13. The number of carbonyl (C=O) groups is 2. The lowest BCUT2D eigenvalue weighted by Crippen LogP contribution is -2.69. The highest BCUT2D eigenvalue weighted by Gasteiger charge is 2.80. The smallest absolute Gasteiger partial charge is 0.309 e. The van der Waals surface area contributed by atoms with Gasteiger partial charge >= 0.3 is 5.97 Å². The Morgan fingerprint density at radius 1 is 0.889 bits per heavy atom. The zero-order chi connectivity index (χ0) is 24.5. The predicted octanol–water partition coefficient (Wildman–Crippen LogP) is 6.36. The molecule has 2 aromatic carbocycles. The lowest BCUT2D eigenvalue weighted by molar-refractivity contribution is -0.248. The maximum absolute atomic E-state index is 13.7. The summed E-state index contributed by atoms with van der Waals surface area (Å²) >= 11 is 0. The highest BCUT2D eigenvalue weighted by atomic mass is 16.4. The van der Waals surface area contributed by atoms with Crippen molar-refractivity contribution >= 4 is 22.7 Å². The third-order valence-corrected chi connectivity index (χ3v) is 9.31. The fourth-order valence-electron chi connectivity index (χ4n) is 7.14. The fourth-order valence-corrected chi connectivity index (χ4v) is 7.14. The SMILES string of the molecule is O=C(CC1(C23CC(C(=O)O)(C2)C3)CC1)c1cccc2ccn(Cc3ccc(-c4ccccc4)cn3)c12. The molecule has 4 fully saturated rings. The van der Waals surface area contributed by atoms with Crippen LogP contribution in [0.1, 0.15) is 54.6 Å². The second-order valence-corrected chi connectivity index (χ2v) is 11.4. The van der Waals surface area contributed by atoms with E-state index in [1.165, 1.54) is 0 Å². The first-order chi connectivity index (χ1) is 17.4. The minimum atomic E-state index is -0.653. The first-order valence-corrected chi connectivity index (χ1v) is 12.8. The van der Waals surface area contributed by atoms with Crippen molar-refractivity contribution in [2.75, 3.05) is 0 Å². The number of para-hydroxylation sites is 1. The monoisotopic (exact) mass is 476 g/mol. The van der Waals surface area contributed by atoms with Crippen LogP contribution in [0.2, 0.25) is 0 Å². The first kappa shape index (κ1) is 21.5. The van der Waals surface area contributed by atoms with Gasteiger partial charge in [0, 0.05) is 35.3 Å². The number of benzene rings is 2. The largest absolute Gasteiger partial charge is 0.481 e. The highest BCUT2D eigenvalue weighted by Crippen LogP contribution is 2.85. The quantitative estimate of drug-likeness (QED) is 0.300. The molecular weight excluding hydrogens is 448 g/mol. The zero-order valence-electron chi connectivity index (χ0n) is 20.1. The molecule has 0 aliphatic heterocycles. The van der Waals surface area contributed by atoms with Crippen LogP contribution in [0.4, 0.5) is 0 Å². The van der Waals surface area contributed by atoms with Gasteiger partial charge < -0.3 is 9.67 Å². The molecule has 2 aromatic heterocycles. The van der Waals surface area contributed by atoms with E-state index in [1.807, 2.05) is 42.7 Å².